The van der Waals surface area contributed by atoms with Gasteiger partial charge in [-0.3, -0.25) is 19.4 Å². The summed E-state index contributed by atoms with van der Waals surface area (Å²) in [4.78, 5) is 47.8. The summed E-state index contributed by atoms with van der Waals surface area (Å²) in [5.41, 5.74) is 6.02. The molecule has 7 rings (SSSR count). The van der Waals surface area contributed by atoms with Gasteiger partial charge in [0.05, 0.1) is 16.9 Å². The number of anilines is 2. The molecular weight excluding hydrogens is 538 g/mol. The topological polar surface area (TPSA) is 87.5 Å². The number of amides is 2. The van der Waals surface area contributed by atoms with Gasteiger partial charge in [0.15, 0.2) is 0 Å². The van der Waals surface area contributed by atoms with Crippen LogP contribution in [0.3, 0.4) is 0 Å². The molecule has 2 aromatic carbocycles. The first-order valence-corrected chi connectivity index (χ1v) is 14.9. The van der Waals surface area contributed by atoms with Gasteiger partial charge < -0.3 is 19.7 Å². The van der Waals surface area contributed by atoms with Gasteiger partial charge in [-0.1, -0.05) is 42.5 Å². The summed E-state index contributed by atoms with van der Waals surface area (Å²) in [6, 6.07) is 24.9. The molecule has 3 aliphatic rings. The Balaban J connectivity index is 1.18. The molecule has 2 amide bonds. The number of benzene rings is 2. The number of fused-ring (bicyclic) bond motifs is 4. The van der Waals surface area contributed by atoms with E-state index >= 15 is 0 Å². The molecule has 0 spiro atoms. The fourth-order valence-corrected chi connectivity index (χ4v) is 6.78. The highest BCUT2D eigenvalue weighted by Crippen LogP contribution is 2.39. The molecule has 4 aromatic rings. The molecule has 1 N–H and O–H groups in total. The number of piperidine rings is 1. The highest BCUT2D eigenvalue weighted by atomic mass is 16.2. The van der Waals surface area contributed by atoms with Crippen molar-refractivity contribution in [3.8, 4) is 0 Å². The molecule has 2 aromatic heterocycles. The maximum atomic E-state index is 13.7. The predicted octanol–water partition coefficient (Wildman–Crippen LogP) is 5.05. The Bertz CT molecular complexity index is 1770. The number of carbonyl (C=O) groups excluding carboxylic acids is 2. The minimum absolute atomic E-state index is 0.0522. The Morgan fingerprint density at radius 1 is 0.884 bits per heavy atom. The molecule has 1 saturated heterocycles. The van der Waals surface area contributed by atoms with Gasteiger partial charge in [0, 0.05) is 68.4 Å². The number of carbonyl (C=O) groups is 2. The summed E-state index contributed by atoms with van der Waals surface area (Å²) >= 11 is 0. The summed E-state index contributed by atoms with van der Waals surface area (Å²) in [6.07, 6.45) is 7.12. The maximum Gasteiger partial charge on any atom is 0.257 e. The lowest BCUT2D eigenvalue weighted by Gasteiger charge is -2.44. The zero-order valence-electron chi connectivity index (χ0n) is 23.9. The Labute approximate surface area is 250 Å². The Morgan fingerprint density at radius 2 is 1.77 bits per heavy atom. The third-order valence-electron chi connectivity index (χ3n) is 8.88. The Morgan fingerprint density at radius 3 is 2.56 bits per heavy atom. The lowest BCUT2D eigenvalue weighted by Crippen LogP contribution is -2.47. The molecule has 0 aliphatic carbocycles. The van der Waals surface area contributed by atoms with Crippen molar-refractivity contribution < 1.29 is 9.59 Å². The number of nitrogens with zero attached hydrogens (tertiary/aromatic N) is 4. The second-order valence-corrected chi connectivity index (χ2v) is 11.6. The van der Waals surface area contributed by atoms with Crippen molar-refractivity contribution in [2.75, 3.05) is 36.4 Å². The van der Waals surface area contributed by atoms with Gasteiger partial charge in [-0.25, -0.2) is 0 Å². The smallest absolute Gasteiger partial charge is 0.257 e. The monoisotopic (exact) mass is 571 g/mol. The van der Waals surface area contributed by atoms with E-state index in [1.165, 1.54) is 17.3 Å². The van der Waals surface area contributed by atoms with Crippen molar-refractivity contribution in [3.05, 3.63) is 130 Å². The van der Waals surface area contributed by atoms with Crippen molar-refractivity contribution in [2.45, 2.75) is 25.3 Å². The first kappa shape index (κ1) is 26.9. The van der Waals surface area contributed by atoms with Crippen LogP contribution in [-0.4, -0.2) is 52.4 Å². The van der Waals surface area contributed by atoms with Crippen LogP contribution in [0.15, 0.2) is 102 Å². The first-order chi connectivity index (χ1) is 21.0. The van der Waals surface area contributed by atoms with E-state index in [0.29, 0.717) is 42.4 Å². The third kappa shape index (κ3) is 5.36. The van der Waals surface area contributed by atoms with E-state index in [0.717, 1.165) is 37.3 Å². The molecule has 216 valence electrons. The zero-order chi connectivity index (χ0) is 29.3. The van der Waals surface area contributed by atoms with Crippen LogP contribution in [0.25, 0.3) is 5.57 Å². The van der Waals surface area contributed by atoms with Crippen LogP contribution in [0.2, 0.25) is 0 Å². The van der Waals surface area contributed by atoms with Gasteiger partial charge in [-0.05, 0) is 66.3 Å². The summed E-state index contributed by atoms with van der Waals surface area (Å²) in [5.74, 6) is 0.189. The highest BCUT2D eigenvalue weighted by molar-refractivity contribution is 6.07. The third-order valence-corrected chi connectivity index (χ3v) is 8.88. The molecule has 43 heavy (non-hydrogen) atoms. The molecule has 0 radical (unpaired) electrons. The second kappa shape index (κ2) is 11.4. The number of pyridine rings is 2. The van der Waals surface area contributed by atoms with Gasteiger partial charge in [0.2, 0.25) is 0 Å². The van der Waals surface area contributed by atoms with Crippen molar-refractivity contribution in [1.29, 1.82) is 0 Å². The number of aromatic nitrogens is 2. The van der Waals surface area contributed by atoms with Gasteiger partial charge >= 0.3 is 0 Å². The Hall–Kier alpha value is -4.98. The van der Waals surface area contributed by atoms with Crippen LogP contribution in [0.1, 0.15) is 50.7 Å². The highest BCUT2D eigenvalue weighted by Gasteiger charge is 2.35. The van der Waals surface area contributed by atoms with E-state index < -0.39 is 0 Å². The van der Waals surface area contributed by atoms with E-state index in [1.807, 2.05) is 51.9 Å². The second-order valence-electron chi connectivity index (χ2n) is 11.6. The van der Waals surface area contributed by atoms with Gasteiger partial charge in [-0.15, -0.1) is 0 Å². The molecule has 2 bridgehead atoms. The van der Waals surface area contributed by atoms with E-state index in [1.54, 1.807) is 24.4 Å². The van der Waals surface area contributed by atoms with Gasteiger partial charge in [0.25, 0.3) is 17.4 Å². The standard InChI is InChI=1S/C35H33N5O3/c41-33-10-4-9-31-29-18-24(22-40(31)33)21-39(23-29)32-12-11-27(19-30(32)37-34(42)28-8-5-15-36-20-28)35(43)38-16-13-26(14-17-38)25-6-2-1-3-7-25/h1-13,15,19-20,24,29H,14,16-18,21-23H2,(H,37,42). The fourth-order valence-electron chi connectivity index (χ4n) is 6.78. The normalized spacial score (nSPS) is 19.3. The minimum atomic E-state index is -0.276. The molecule has 0 saturated carbocycles. The first-order valence-electron chi connectivity index (χ1n) is 14.9. The quantitative estimate of drug-likeness (QED) is 0.362. The van der Waals surface area contributed by atoms with E-state index in [2.05, 4.69) is 39.5 Å². The molecule has 2 unspecified atom stereocenters. The molecule has 3 aliphatic heterocycles. The Kier molecular flexibility index (Phi) is 7.10. The minimum Gasteiger partial charge on any atom is -0.369 e. The molecule has 2 atom stereocenters. The summed E-state index contributed by atoms with van der Waals surface area (Å²) < 4.78 is 1.92. The molecule has 1 fully saturated rings. The summed E-state index contributed by atoms with van der Waals surface area (Å²) in [6.45, 7) is 3.34. The lowest BCUT2D eigenvalue weighted by molar-refractivity contribution is 0.0772. The zero-order valence-corrected chi connectivity index (χ0v) is 23.9. The van der Waals surface area contributed by atoms with E-state index in [4.69, 9.17) is 0 Å². The molecule has 8 nitrogen and oxygen atoms in total. The number of rotatable bonds is 5. The lowest BCUT2D eigenvalue weighted by atomic mass is 9.83. The van der Waals surface area contributed by atoms with Gasteiger partial charge in [-0.2, -0.15) is 0 Å². The largest absolute Gasteiger partial charge is 0.369 e. The van der Waals surface area contributed by atoms with Crippen LogP contribution >= 0.6 is 0 Å². The van der Waals surface area contributed by atoms with Gasteiger partial charge in [0.1, 0.15) is 0 Å². The summed E-state index contributed by atoms with van der Waals surface area (Å²) in [5, 5.41) is 3.09. The van der Waals surface area contributed by atoms with E-state index in [9.17, 15) is 14.4 Å². The number of nitrogens with one attached hydrogen (secondary N) is 1. The van der Waals surface area contributed by atoms with Crippen molar-refractivity contribution in [1.82, 2.24) is 14.5 Å². The number of hydrogen-bond donors (Lipinski definition) is 1. The molecule has 5 heterocycles. The van der Waals surface area contributed by atoms with Crippen LogP contribution in [0.5, 0.6) is 0 Å². The van der Waals surface area contributed by atoms with E-state index in [-0.39, 0.29) is 23.3 Å². The van der Waals surface area contributed by atoms with Crippen molar-refractivity contribution in [3.63, 3.8) is 0 Å². The van der Waals surface area contributed by atoms with Crippen LogP contribution in [0, 0.1) is 5.92 Å². The predicted molar refractivity (Wildman–Crippen MR) is 167 cm³/mol. The van der Waals surface area contributed by atoms with Crippen LogP contribution in [-0.2, 0) is 6.54 Å². The molecular formula is C35H33N5O3. The van der Waals surface area contributed by atoms with Crippen molar-refractivity contribution in [2.24, 2.45) is 5.92 Å². The van der Waals surface area contributed by atoms with Crippen LogP contribution in [0.4, 0.5) is 11.4 Å². The van der Waals surface area contributed by atoms with Crippen LogP contribution < -0.4 is 15.8 Å². The summed E-state index contributed by atoms with van der Waals surface area (Å²) in [7, 11) is 0. The average molecular weight is 572 g/mol. The van der Waals surface area contributed by atoms with Crippen molar-refractivity contribution >= 4 is 28.8 Å². The average Bonchev–Trinajstić information content (AvgIpc) is 3.06. The fraction of sp³-hybridized carbons (Fsp3) is 0.257. The molecule has 8 heteroatoms. The SMILES string of the molecule is O=C(Nc1cc(C(=O)N2CC=C(c3ccccc3)CC2)ccc1N1CC2CC(C1)c1cccc(=O)n1C2)c1cccnc1. The maximum absolute atomic E-state index is 13.7. The number of hydrogen-bond acceptors (Lipinski definition) is 5.